The van der Waals surface area contributed by atoms with Gasteiger partial charge in [-0.2, -0.15) is 0 Å². The largest absolute Gasteiger partial charge is 0.491 e. The van der Waals surface area contributed by atoms with Gasteiger partial charge in [0.25, 0.3) is 0 Å². The van der Waals surface area contributed by atoms with Crippen molar-refractivity contribution in [3.63, 3.8) is 0 Å². The van der Waals surface area contributed by atoms with Gasteiger partial charge >= 0.3 is 6.09 Å². The number of hydrogen-bond donors (Lipinski definition) is 2. The summed E-state index contributed by atoms with van der Waals surface area (Å²) in [4.78, 5) is 17.6. The maximum Gasteiger partial charge on any atom is 0.407 e. The predicted molar refractivity (Wildman–Crippen MR) is 143 cm³/mol. The van der Waals surface area contributed by atoms with Crippen molar-refractivity contribution in [1.82, 2.24) is 15.0 Å². The Morgan fingerprint density at radius 2 is 1.75 bits per heavy atom. The van der Waals surface area contributed by atoms with Gasteiger partial charge in [-0.05, 0) is 86.3 Å². The van der Waals surface area contributed by atoms with Gasteiger partial charge in [0.1, 0.15) is 5.75 Å². The molecule has 0 atom stereocenters. The number of carbonyl (C=O) groups is 1. The number of benzene rings is 1. The third-order valence-corrected chi connectivity index (χ3v) is 8.58. The third-order valence-electron chi connectivity index (χ3n) is 5.59. The highest BCUT2D eigenvalue weighted by atomic mass is 32.2. The maximum atomic E-state index is 13.4. The molecule has 3 rings (SSSR count). The predicted octanol–water partition coefficient (Wildman–Crippen LogP) is 5.83. The Kier molecular flexibility index (Phi) is 9.06. The number of amides is 1. The molecule has 1 heterocycles. The summed E-state index contributed by atoms with van der Waals surface area (Å²) in [5.41, 5.74) is -0.0172. The standard InChI is InChI=1S/C26H39N3O5S2/c1-16(2)33-20-12-13-21(23(14-20)36(31,32)29-26(5,6)7)22-15-27-24(35-22)18-8-10-19(11-9-18)28-25(30)34-17(3)4/h12-19,29H,8-11H2,1-7H3,(H,28,30). The number of thiazole rings is 1. The first kappa shape index (κ1) is 28.4. The molecule has 8 nitrogen and oxygen atoms in total. The van der Waals surface area contributed by atoms with Gasteiger partial charge in [0.05, 0.1) is 27.0 Å². The molecule has 10 heteroatoms. The molecule has 1 aromatic carbocycles. The molecule has 0 radical (unpaired) electrons. The summed E-state index contributed by atoms with van der Waals surface area (Å²) < 4.78 is 40.4. The molecule has 1 saturated carbocycles. The van der Waals surface area contributed by atoms with Gasteiger partial charge in [-0.15, -0.1) is 11.3 Å². The summed E-state index contributed by atoms with van der Waals surface area (Å²) in [6.45, 7) is 12.9. The van der Waals surface area contributed by atoms with E-state index in [1.54, 1.807) is 24.4 Å². The van der Waals surface area contributed by atoms with Crippen LogP contribution in [0.5, 0.6) is 5.75 Å². The van der Waals surface area contributed by atoms with E-state index in [1.165, 1.54) is 11.3 Å². The lowest BCUT2D eigenvalue weighted by Crippen LogP contribution is -2.40. The van der Waals surface area contributed by atoms with Crippen LogP contribution < -0.4 is 14.8 Å². The monoisotopic (exact) mass is 537 g/mol. The number of aromatic nitrogens is 1. The van der Waals surface area contributed by atoms with Gasteiger partial charge in [0.2, 0.25) is 10.0 Å². The van der Waals surface area contributed by atoms with Gasteiger partial charge in [0, 0.05) is 35.3 Å². The van der Waals surface area contributed by atoms with E-state index < -0.39 is 15.6 Å². The van der Waals surface area contributed by atoms with Crippen LogP contribution in [-0.4, -0.2) is 43.3 Å². The van der Waals surface area contributed by atoms with Crippen LogP contribution in [0.2, 0.25) is 0 Å². The summed E-state index contributed by atoms with van der Waals surface area (Å²) in [6.07, 6.45) is 4.68. The zero-order chi connectivity index (χ0) is 26.7. The average molecular weight is 538 g/mol. The molecule has 0 aliphatic heterocycles. The molecule has 1 aliphatic rings. The lowest BCUT2D eigenvalue weighted by molar-refractivity contribution is 0.109. The summed E-state index contributed by atoms with van der Waals surface area (Å²) in [7, 11) is -3.80. The normalized spacial score (nSPS) is 18.9. The quantitative estimate of drug-likeness (QED) is 0.438. The highest BCUT2D eigenvalue weighted by Gasteiger charge is 2.29. The number of rotatable bonds is 8. The Morgan fingerprint density at radius 3 is 2.33 bits per heavy atom. The minimum absolute atomic E-state index is 0.0752. The van der Waals surface area contributed by atoms with Crippen LogP contribution in [0.4, 0.5) is 4.79 Å². The molecule has 2 aromatic rings. The molecule has 0 bridgehead atoms. The fourth-order valence-corrected chi connectivity index (χ4v) is 7.08. The first-order valence-electron chi connectivity index (χ1n) is 12.5. The zero-order valence-electron chi connectivity index (χ0n) is 22.3. The smallest absolute Gasteiger partial charge is 0.407 e. The zero-order valence-corrected chi connectivity index (χ0v) is 23.9. The first-order chi connectivity index (χ1) is 16.7. The van der Waals surface area contributed by atoms with Crippen LogP contribution in [0.1, 0.15) is 85.1 Å². The second-order valence-corrected chi connectivity index (χ2v) is 13.6. The van der Waals surface area contributed by atoms with Gasteiger partial charge in [0.15, 0.2) is 0 Å². The number of alkyl carbamates (subject to hydrolysis) is 1. The van der Waals surface area contributed by atoms with Crippen molar-refractivity contribution in [2.45, 2.75) is 109 Å². The van der Waals surface area contributed by atoms with Crippen LogP contribution in [-0.2, 0) is 14.8 Å². The van der Waals surface area contributed by atoms with Crippen LogP contribution in [0.15, 0.2) is 29.3 Å². The summed E-state index contributed by atoms with van der Waals surface area (Å²) in [6, 6.07) is 5.29. The molecule has 200 valence electrons. The minimum Gasteiger partial charge on any atom is -0.491 e. The van der Waals surface area contributed by atoms with Crippen LogP contribution >= 0.6 is 11.3 Å². The third kappa shape index (κ3) is 7.91. The Balaban J connectivity index is 1.80. The van der Waals surface area contributed by atoms with Crippen molar-refractivity contribution in [3.05, 3.63) is 29.4 Å². The fraction of sp³-hybridized carbons (Fsp3) is 0.615. The van der Waals surface area contributed by atoms with E-state index in [4.69, 9.17) is 9.47 Å². The minimum atomic E-state index is -3.80. The van der Waals surface area contributed by atoms with Crippen molar-refractivity contribution in [1.29, 1.82) is 0 Å². The Bertz CT molecular complexity index is 1140. The number of hydrogen-bond acceptors (Lipinski definition) is 7. The van der Waals surface area contributed by atoms with Crippen LogP contribution in [0.25, 0.3) is 10.4 Å². The Labute approximate surface area is 219 Å². The summed E-state index contributed by atoms with van der Waals surface area (Å²) in [5, 5.41) is 3.94. The van der Waals surface area contributed by atoms with Crippen molar-refractivity contribution >= 4 is 27.5 Å². The van der Waals surface area contributed by atoms with E-state index in [9.17, 15) is 13.2 Å². The van der Waals surface area contributed by atoms with Gasteiger partial charge in [-0.1, -0.05) is 0 Å². The lowest BCUT2D eigenvalue weighted by Gasteiger charge is -2.28. The molecular formula is C26H39N3O5S2. The van der Waals surface area contributed by atoms with E-state index in [2.05, 4.69) is 15.0 Å². The molecule has 1 aromatic heterocycles. The topological polar surface area (TPSA) is 107 Å². The Morgan fingerprint density at radius 1 is 1.08 bits per heavy atom. The summed E-state index contributed by atoms with van der Waals surface area (Å²) >= 11 is 1.53. The molecule has 0 unspecified atom stereocenters. The number of sulfonamides is 1. The van der Waals surface area contributed by atoms with E-state index in [0.29, 0.717) is 11.3 Å². The number of nitrogens with one attached hydrogen (secondary N) is 2. The van der Waals surface area contributed by atoms with E-state index in [-0.39, 0.29) is 35.2 Å². The first-order valence-corrected chi connectivity index (χ1v) is 14.8. The second kappa shape index (κ2) is 11.5. The molecule has 1 amide bonds. The van der Waals surface area contributed by atoms with E-state index in [0.717, 1.165) is 35.6 Å². The van der Waals surface area contributed by atoms with Gasteiger partial charge < -0.3 is 14.8 Å². The van der Waals surface area contributed by atoms with Crippen molar-refractivity contribution in [2.24, 2.45) is 0 Å². The van der Waals surface area contributed by atoms with Crippen LogP contribution in [0.3, 0.4) is 0 Å². The second-order valence-electron chi connectivity index (χ2n) is 10.9. The highest BCUT2D eigenvalue weighted by Crippen LogP contribution is 2.40. The van der Waals surface area contributed by atoms with Crippen LogP contribution in [0, 0.1) is 0 Å². The Hall–Kier alpha value is -2.17. The molecule has 1 fully saturated rings. The van der Waals surface area contributed by atoms with E-state index >= 15 is 0 Å². The average Bonchev–Trinajstić information content (AvgIpc) is 3.21. The number of ether oxygens (including phenoxy) is 2. The highest BCUT2D eigenvalue weighted by molar-refractivity contribution is 7.89. The number of nitrogens with zero attached hydrogens (tertiary/aromatic N) is 1. The molecule has 36 heavy (non-hydrogen) atoms. The van der Waals surface area contributed by atoms with Crippen molar-refractivity contribution in [2.75, 3.05) is 0 Å². The SMILES string of the molecule is CC(C)OC(=O)NC1CCC(c2ncc(-c3ccc(OC(C)C)cc3S(=O)(=O)NC(C)(C)C)s2)CC1. The molecule has 0 spiro atoms. The molecule has 0 saturated heterocycles. The maximum absolute atomic E-state index is 13.4. The van der Waals surface area contributed by atoms with Gasteiger partial charge in [-0.25, -0.2) is 22.9 Å². The lowest BCUT2D eigenvalue weighted by atomic mass is 9.86. The van der Waals surface area contributed by atoms with Crippen molar-refractivity contribution in [3.8, 4) is 16.2 Å². The van der Waals surface area contributed by atoms with Gasteiger partial charge in [-0.3, -0.25) is 0 Å². The fourth-order valence-electron chi connectivity index (χ4n) is 4.23. The van der Waals surface area contributed by atoms with E-state index in [1.807, 2.05) is 48.5 Å². The molecule has 2 N–H and O–H groups in total. The number of carbonyl (C=O) groups excluding carboxylic acids is 1. The summed E-state index contributed by atoms with van der Waals surface area (Å²) in [5.74, 6) is 0.786. The van der Waals surface area contributed by atoms with Crippen molar-refractivity contribution < 1.29 is 22.7 Å². The molecule has 1 aliphatic carbocycles. The molecular weight excluding hydrogens is 498 g/mol.